The van der Waals surface area contributed by atoms with Gasteiger partial charge in [0.25, 0.3) is 5.91 Å². The van der Waals surface area contributed by atoms with Gasteiger partial charge in [0.1, 0.15) is 11.6 Å². The van der Waals surface area contributed by atoms with Crippen LogP contribution in [0.5, 0.6) is 0 Å². The zero-order chi connectivity index (χ0) is 24.1. The lowest BCUT2D eigenvalue weighted by Crippen LogP contribution is -2.31. The number of amides is 1. The van der Waals surface area contributed by atoms with Crippen LogP contribution >= 0.6 is 0 Å². The highest BCUT2D eigenvalue weighted by Crippen LogP contribution is 2.25. The molecule has 4 rings (SSSR count). The van der Waals surface area contributed by atoms with Crippen LogP contribution < -0.4 is 10.9 Å². The van der Waals surface area contributed by atoms with Gasteiger partial charge in [-0.15, -0.1) is 5.10 Å². The van der Waals surface area contributed by atoms with Gasteiger partial charge in [-0.1, -0.05) is 30.2 Å². The molecule has 1 aliphatic heterocycles. The van der Waals surface area contributed by atoms with E-state index in [1.165, 1.54) is 18.2 Å². The molecule has 7 nitrogen and oxygen atoms in total. The van der Waals surface area contributed by atoms with Gasteiger partial charge in [-0.3, -0.25) is 15.6 Å². The van der Waals surface area contributed by atoms with E-state index in [0.717, 1.165) is 37.7 Å². The summed E-state index contributed by atoms with van der Waals surface area (Å²) in [6, 6.07) is 13.1. The van der Waals surface area contributed by atoms with Gasteiger partial charge in [0, 0.05) is 25.7 Å². The highest BCUT2D eigenvalue weighted by Gasteiger charge is 2.25. The summed E-state index contributed by atoms with van der Waals surface area (Å²) < 4.78 is 28.2. The largest absolute Gasteiger partial charge is 0.340 e. The third-order valence-electron chi connectivity index (χ3n) is 6.29. The fourth-order valence-corrected chi connectivity index (χ4v) is 4.31. The molecule has 2 unspecified atom stereocenters. The van der Waals surface area contributed by atoms with E-state index >= 15 is 0 Å². The maximum atomic E-state index is 13.5. The number of halogens is 2. The third kappa shape index (κ3) is 5.66. The summed E-state index contributed by atoms with van der Waals surface area (Å²) in [4.78, 5) is 14.5. The SMILES string of the molecule is Cc1c(C(=O)N(C)CCCCCC2CC(c3cccc(F)c3)NN2)nnn1-c1ccc(F)cc1. The van der Waals surface area contributed by atoms with Gasteiger partial charge in [-0.05, 0) is 68.1 Å². The van der Waals surface area contributed by atoms with E-state index in [4.69, 9.17) is 0 Å². The number of carbonyl (C=O) groups excluding carboxylic acids is 1. The van der Waals surface area contributed by atoms with Crippen molar-refractivity contribution in [1.29, 1.82) is 0 Å². The van der Waals surface area contributed by atoms with Crippen molar-refractivity contribution in [2.24, 2.45) is 0 Å². The minimum absolute atomic E-state index is 0.121. The van der Waals surface area contributed by atoms with Crippen molar-refractivity contribution in [1.82, 2.24) is 30.7 Å². The number of carbonyl (C=O) groups is 1. The van der Waals surface area contributed by atoms with Crippen molar-refractivity contribution in [3.05, 3.63) is 77.1 Å². The van der Waals surface area contributed by atoms with Gasteiger partial charge >= 0.3 is 0 Å². The Kier molecular flexibility index (Phi) is 7.64. The maximum Gasteiger partial charge on any atom is 0.276 e. The van der Waals surface area contributed by atoms with Crippen molar-refractivity contribution in [2.45, 2.75) is 51.1 Å². The number of rotatable bonds is 9. The Morgan fingerprint density at radius 2 is 1.88 bits per heavy atom. The first kappa shape index (κ1) is 24.0. The molecule has 180 valence electrons. The number of unbranched alkanes of at least 4 members (excludes halogenated alkanes) is 2. The third-order valence-corrected chi connectivity index (χ3v) is 6.29. The van der Waals surface area contributed by atoms with Crippen LogP contribution in [0.3, 0.4) is 0 Å². The first-order valence-corrected chi connectivity index (χ1v) is 11.6. The molecule has 1 aromatic heterocycles. The van der Waals surface area contributed by atoms with Gasteiger partial charge in [-0.25, -0.2) is 13.5 Å². The molecule has 1 aliphatic rings. The fraction of sp³-hybridized carbons (Fsp3) is 0.400. The van der Waals surface area contributed by atoms with Crippen LogP contribution in [0.15, 0.2) is 48.5 Å². The smallest absolute Gasteiger partial charge is 0.276 e. The summed E-state index contributed by atoms with van der Waals surface area (Å²) >= 11 is 0. The molecule has 2 heterocycles. The second-order valence-corrected chi connectivity index (χ2v) is 8.82. The Labute approximate surface area is 198 Å². The number of hydrazine groups is 1. The van der Waals surface area contributed by atoms with Crippen molar-refractivity contribution < 1.29 is 13.6 Å². The first-order chi connectivity index (χ1) is 16.4. The Morgan fingerprint density at radius 3 is 2.65 bits per heavy atom. The molecule has 1 saturated heterocycles. The topological polar surface area (TPSA) is 75.1 Å². The summed E-state index contributed by atoms with van der Waals surface area (Å²) in [5.74, 6) is -0.719. The van der Waals surface area contributed by atoms with Gasteiger partial charge < -0.3 is 4.90 Å². The van der Waals surface area contributed by atoms with Crippen LogP contribution in [0.2, 0.25) is 0 Å². The molecule has 3 aromatic rings. The van der Waals surface area contributed by atoms with Gasteiger partial charge in [-0.2, -0.15) is 0 Å². The zero-order valence-electron chi connectivity index (χ0n) is 19.5. The molecule has 0 aliphatic carbocycles. The summed E-state index contributed by atoms with van der Waals surface area (Å²) in [7, 11) is 1.77. The number of benzene rings is 2. The van der Waals surface area contributed by atoms with Crippen LogP contribution in [0.25, 0.3) is 5.69 Å². The van der Waals surface area contributed by atoms with Crippen LogP contribution in [-0.4, -0.2) is 45.4 Å². The Morgan fingerprint density at radius 1 is 1.09 bits per heavy atom. The van der Waals surface area contributed by atoms with E-state index in [0.29, 0.717) is 29.7 Å². The van der Waals surface area contributed by atoms with Gasteiger partial charge in [0.05, 0.1) is 11.4 Å². The Balaban J connectivity index is 1.19. The van der Waals surface area contributed by atoms with Crippen LogP contribution in [0, 0.1) is 18.6 Å². The van der Waals surface area contributed by atoms with E-state index in [1.807, 2.05) is 6.07 Å². The van der Waals surface area contributed by atoms with Crippen LogP contribution in [0.4, 0.5) is 8.78 Å². The molecule has 1 fully saturated rings. The fourth-order valence-electron chi connectivity index (χ4n) is 4.31. The van der Waals surface area contributed by atoms with E-state index in [9.17, 15) is 13.6 Å². The molecular formula is C25H30F2N6O. The van der Waals surface area contributed by atoms with Gasteiger partial charge in [0.2, 0.25) is 0 Å². The van der Waals surface area contributed by atoms with E-state index in [-0.39, 0.29) is 23.6 Å². The Hall–Kier alpha value is -3.17. The molecule has 9 heteroatoms. The summed E-state index contributed by atoms with van der Waals surface area (Å²) in [6.07, 6.45) is 4.87. The van der Waals surface area contributed by atoms with Gasteiger partial charge in [0.15, 0.2) is 5.69 Å². The molecule has 34 heavy (non-hydrogen) atoms. The molecule has 2 N–H and O–H groups in total. The number of nitrogens with zero attached hydrogens (tertiary/aromatic N) is 4. The van der Waals surface area contributed by atoms with Crippen LogP contribution in [0.1, 0.15) is 59.9 Å². The number of aromatic nitrogens is 3. The lowest BCUT2D eigenvalue weighted by molar-refractivity contribution is 0.0785. The summed E-state index contributed by atoms with van der Waals surface area (Å²) in [5.41, 5.74) is 9.11. The van der Waals surface area contributed by atoms with E-state index in [1.54, 1.807) is 47.8 Å². The normalized spacial score (nSPS) is 17.8. The lowest BCUT2D eigenvalue weighted by atomic mass is 9.99. The average Bonchev–Trinajstić information content (AvgIpc) is 3.46. The molecular weight excluding hydrogens is 438 g/mol. The first-order valence-electron chi connectivity index (χ1n) is 11.6. The van der Waals surface area contributed by atoms with Crippen molar-refractivity contribution in [3.63, 3.8) is 0 Å². The minimum Gasteiger partial charge on any atom is -0.340 e. The average molecular weight is 469 g/mol. The number of nitrogens with one attached hydrogen (secondary N) is 2. The molecule has 2 aromatic carbocycles. The second-order valence-electron chi connectivity index (χ2n) is 8.82. The van der Waals surface area contributed by atoms with E-state index < -0.39 is 0 Å². The molecule has 0 radical (unpaired) electrons. The molecule has 0 bridgehead atoms. The minimum atomic E-state index is -0.330. The molecule has 1 amide bonds. The van der Waals surface area contributed by atoms with Crippen molar-refractivity contribution in [2.75, 3.05) is 13.6 Å². The number of hydrogen-bond acceptors (Lipinski definition) is 5. The predicted molar refractivity (Wildman–Crippen MR) is 125 cm³/mol. The summed E-state index contributed by atoms with van der Waals surface area (Å²) in [6.45, 7) is 2.41. The summed E-state index contributed by atoms with van der Waals surface area (Å²) in [5, 5.41) is 8.13. The highest BCUT2D eigenvalue weighted by atomic mass is 19.1. The highest BCUT2D eigenvalue weighted by molar-refractivity contribution is 5.93. The predicted octanol–water partition coefficient (Wildman–Crippen LogP) is 4.09. The molecule has 0 saturated carbocycles. The van der Waals surface area contributed by atoms with Crippen LogP contribution in [-0.2, 0) is 0 Å². The maximum absolute atomic E-state index is 13.5. The quantitative estimate of drug-likeness (QED) is 0.463. The Bertz CT molecular complexity index is 1120. The van der Waals surface area contributed by atoms with E-state index in [2.05, 4.69) is 21.2 Å². The molecule has 2 atom stereocenters. The number of hydrogen-bond donors (Lipinski definition) is 2. The standard InChI is InChI=1S/C25H30F2N6O/c1-17-24(30-31-33(17)22-12-10-19(26)11-13-22)25(34)32(2)14-5-3-4-9-21-16-23(29-28-21)18-7-6-8-20(27)15-18/h6-8,10-13,15,21,23,28-29H,3-5,9,14,16H2,1-2H3. The molecule has 0 spiro atoms. The monoisotopic (exact) mass is 468 g/mol. The second kappa shape index (κ2) is 10.8. The van der Waals surface area contributed by atoms with Crippen molar-refractivity contribution >= 4 is 5.91 Å². The van der Waals surface area contributed by atoms with Crippen molar-refractivity contribution in [3.8, 4) is 5.69 Å². The lowest BCUT2D eigenvalue weighted by Gasteiger charge is -2.16. The zero-order valence-corrected chi connectivity index (χ0v) is 19.5.